The summed E-state index contributed by atoms with van der Waals surface area (Å²) < 4.78 is 86.1. The number of nitrogens with two attached hydrogens (primary N) is 1. The van der Waals surface area contributed by atoms with Crippen molar-refractivity contribution in [2.24, 2.45) is 10.7 Å². The molecule has 1 aromatic heterocycles. The van der Waals surface area contributed by atoms with Gasteiger partial charge in [0.25, 0.3) is 9.84 Å². The average Bonchev–Trinajstić information content (AvgIpc) is 2.61. The molecule has 29 heavy (non-hydrogen) atoms. The molecule has 0 saturated carbocycles. The fourth-order valence-electron chi connectivity index (χ4n) is 2.34. The molecule has 0 spiro atoms. The molecule has 2 aromatic rings. The van der Waals surface area contributed by atoms with Gasteiger partial charge >= 0.3 is 5.51 Å². The van der Waals surface area contributed by atoms with Gasteiger partial charge in [-0.05, 0) is 36.8 Å². The van der Waals surface area contributed by atoms with Crippen molar-refractivity contribution in [3.05, 3.63) is 41.7 Å². The van der Waals surface area contributed by atoms with Gasteiger partial charge in [0.15, 0.2) is 15.7 Å². The third-order valence-electron chi connectivity index (χ3n) is 3.84. The van der Waals surface area contributed by atoms with Crippen LogP contribution in [0.5, 0.6) is 5.75 Å². The summed E-state index contributed by atoms with van der Waals surface area (Å²) in [4.78, 5) is 6.22. The second kappa shape index (κ2) is 7.63. The maximum Gasteiger partial charge on any atom is 0.501 e. The summed E-state index contributed by atoms with van der Waals surface area (Å²) >= 11 is 0. The highest BCUT2D eigenvalue weighted by atomic mass is 32.2. The average molecular weight is 451 g/mol. The Balaban J connectivity index is 2.69. The number of benzene rings is 1. The summed E-state index contributed by atoms with van der Waals surface area (Å²) in [6, 6.07) is 3.17. The van der Waals surface area contributed by atoms with Crippen LogP contribution in [0.2, 0.25) is 0 Å². The first-order valence-electron chi connectivity index (χ1n) is 7.89. The standard InChI is InChI=1S/C16H16F3N3O5S2/c1-3-28(24,25)14-9(2)6-7-21-13(14)15(20)22-11-8-10(4-5-12(11)23)29(26,27)16(17,18)19/h4-8,23H,3H2,1-2H3,(H2,20,22). The third-order valence-corrected chi connectivity index (χ3v) is 7.22. The maximum absolute atomic E-state index is 12.8. The summed E-state index contributed by atoms with van der Waals surface area (Å²) in [7, 11) is -9.48. The van der Waals surface area contributed by atoms with E-state index in [1.54, 1.807) is 0 Å². The molecule has 0 fully saturated rings. The van der Waals surface area contributed by atoms with E-state index in [1.165, 1.54) is 26.1 Å². The van der Waals surface area contributed by atoms with Gasteiger partial charge in [-0.15, -0.1) is 0 Å². The summed E-state index contributed by atoms with van der Waals surface area (Å²) in [5, 5.41) is 9.85. The van der Waals surface area contributed by atoms with Crippen LogP contribution in [-0.2, 0) is 19.7 Å². The topological polar surface area (TPSA) is 140 Å². The number of hydrogen-bond acceptors (Lipinski definition) is 7. The summed E-state index contributed by atoms with van der Waals surface area (Å²) in [5.74, 6) is -1.47. The molecule has 0 bridgehead atoms. The summed E-state index contributed by atoms with van der Waals surface area (Å²) in [6.07, 6.45) is 1.26. The minimum Gasteiger partial charge on any atom is -0.506 e. The number of phenols is 1. The van der Waals surface area contributed by atoms with Crippen LogP contribution < -0.4 is 5.73 Å². The van der Waals surface area contributed by atoms with Crippen molar-refractivity contribution in [1.29, 1.82) is 0 Å². The van der Waals surface area contributed by atoms with Gasteiger partial charge in [-0.2, -0.15) is 13.2 Å². The molecule has 0 radical (unpaired) electrons. The van der Waals surface area contributed by atoms with Crippen molar-refractivity contribution in [3.8, 4) is 5.75 Å². The Morgan fingerprint density at radius 1 is 1.21 bits per heavy atom. The van der Waals surface area contributed by atoms with E-state index >= 15 is 0 Å². The van der Waals surface area contributed by atoms with Crippen molar-refractivity contribution in [2.45, 2.75) is 29.1 Å². The Bertz CT molecular complexity index is 1190. The van der Waals surface area contributed by atoms with E-state index in [-0.39, 0.29) is 16.3 Å². The molecule has 3 N–H and O–H groups in total. The highest BCUT2D eigenvalue weighted by molar-refractivity contribution is 7.92. The van der Waals surface area contributed by atoms with E-state index < -0.39 is 47.4 Å². The molecule has 13 heteroatoms. The lowest BCUT2D eigenvalue weighted by molar-refractivity contribution is -0.0436. The zero-order chi connectivity index (χ0) is 22.2. The fraction of sp³-hybridized carbons (Fsp3) is 0.250. The van der Waals surface area contributed by atoms with Crippen LogP contribution in [0, 0.1) is 6.92 Å². The molecule has 2 rings (SSSR count). The number of sulfone groups is 2. The molecule has 1 heterocycles. The second-order valence-electron chi connectivity index (χ2n) is 5.81. The zero-order valence-corrected chi connectivity index (χ0v) is 16.7. The van der Waals surface area contributed by atoms with Crippen LogP contribution >= 0.6 is 0 Å². The molecule has 0 atom stereocenters. The second-order valence-corrected chi connectivity index (χ2v) is 9.96. The highest BCUT2D eigenvalue weighted by Gasteiger charge is 2.47. The van der Waals surface area contributed by atoms with Gasteiger partial charge in [0.2, 0.25) is 0 Å². The number of amidine groups is 1. The predicted molar refractivity (Wildman–Crippen MR) is 98.4 cm³/mol. The van der Waals surface area contributed by atoms with Crippen molar-refractivity contribution >= 4 is 31.2 Å². The molecule has 0 unspecified atom stereocenters. The van der Waals surface area contributed by atoms with Gasteiger partial charge in [-0.25, -0.2) is 21.8 Å². The molecular weight excluding hydrogens is 435 g/mol. The maximum atomic E-state index is 12.8. The van der Waals surface area contributed by atoms with Crippen molar-refractivity contribution < 1.29 is 35.1 Å². The van der Waals surface area contributed by atoms with Crippen molar-refractivity contribution in [1.82, 2.24) is 4.98 Å². The summed E-state index contributed by atoms with van der Waals surface area (Å²) in [6.45, 7) is 2.89. The third kappa shape index (κ3) is 4.34. The molecule has 0 aliphatic carbocycles. The van der Waals surface area contributed by atoms with Crippen LogP contribution in [-0.4, -0.2) is 44.0 Å². The van der Waals surface area contributed by atoms with Gasteiger partial charge in [0.1, 0.15) is 17.1 Å². The Kier molecular flexibility index (Phi) is 5.95. The van der Waals surface area contributed by atoms with E-state index in [1.807, 2.05) is 0 Å². The minimum absolute atomic E-state index is 0.220. The lowest BCUT2D eigenvalue weighted by Gasteiger charge is -2.12. The SMILES string of the molecule is CCS(=O)(=O)c1c(C)ccnc1C(N)=Nc1cc(S(=O)(=O)C(F)(F)F)ccc1O. The quantitative estimate of drug-likeness (QED) is 0.525. The smallest absolute Gasteiger partial charge is 0.501 e. The van der Waals surface area contributed by atoms with E-state index in [0.717, 1.165) is 0 Å². The minimum atomic E-state index is -5.69. The van der Waals surface area contributed by atoms with Crippen molar-refractivity contribution in [2.75, 3.05) is 5.75 Å². The number of alkyl halides is 3. The Labute approximate surface area is 164 Å². The van der Waals surface area contributed by atoms with Gasteiger partial charge < -0.3 is 10.8 Å². The first-order chi connectivity index (χ1) is 13.2. The van der Waals surface area contributed by atoms with Crippen LogP contribution in [0.25, 0.3) is 0 Å². The number of aromatic nitrogens is 1. The zero-order valence-electron chi connectivity index (χ0n) is 15.1. The van der Waals surface area contributed by atoms with Gasteiger partial charge in [0.05, 0.1) is 15.5 Å². The molecule has 1 aromatic carbocycles. The van der Waals surface area contributed by atoms with Gasteiger partial charge in [-0.3, -0.25) is 4.98 Å². The highest BCUT2D eigenvalue weighted by Crippen LogP contribution is 2.35. The number of pyridine rings is 1. The Hall–Kier alpha value is -2.67. The van der Waals surface area contributed by atoms with E-state index in [2.05, 4.69) is 9.98 Å². The van der Waals surface area contributed by atoms with Crippen LogP contribution in [0.1, 0.15) is 18.2 Å². The first kappa shape index (κ1) is 22.6. The number of aryl methyl sites for hydroxylation is 1. The molecule has 0 aliphatic heterocycles. The largest absolute Gasteiger partial charge is 0.506 e. The normalized spacial score (nSPS) is 13.5. The van der Waals surface area contributed by atoms with E-state index in [9.17, 15) is 35.1 Å². The number of phenolic OH excluding ortho intramolecular Hbond substituents is 1. The molecule has 8 nitrogen and oxygen atoms in total. The predicted octanol–water partition coefficient (Wildman–Crippen LogP) is 2.22. The van der Waals surface area contributed by atoms with Crippen LogP contribution in [0.15, 0.2) is 45.2 Å². The van der Waals surface area contributed by atoms with Crippen LogP contribution in [0.3, 0.4) is 0 Å². The molecular formula is C16H16F3N3O5S2. The van der Waals surface area contributed by atoms with Gasteiger partial charge in [0, 0.05) is 6.20 Å². The Morgan fingerprint density at radius 2 is 1.83 bits per heavy atom. The van der Waals surface area contributed by atoms with E-state index in [4.69, 9.17) is 5.73 Å². The molecule has 0 aliphatic rings. The lowest BCUT2D eigenvalue weighted by atomic mass is 10.2. The number of rotatable bonds is 5. The monoisotopic (exact) mass is 451 g/mol. The van der Waals surface area contributed by atoms with Gasteiger partial charge in [-0.1, -0.05) is 6.92 Å². The first-order valence-corrected chi connectivity index (χ1v) is 11.0. The van der Waals surface area contributed by atoms with Crippen LogP contribution in [0.4, 0.5) is 18.9 Å². The van der Waals surface area contributed by atoms with E-state index in [0.29, 0.717) is 23.8 Å². The number of aromatic hydroxyl groups is 1. The number of hydrogen-bond donors (Lipinski definition) is 2. The molecule has 0 saturated heterocycles. The summed E-state index contributed by atoms with van der Waals surface area (Å²) in [5.41, 5.74) is -0.313. The Morgan fingerprint density at radius 3 is 2.38 bits per heavy atom. The number of nitrogens with zero attached hydrogens (tertiary/aromatic N) is 2. The lowest BCUT2D eigenvalue weighted by Crippen LogP contribution is -2.23. The number of aliphatic imine (C=N–C) groups is 1. The number of halogens is 3. The molecule has 158 valence electrons. The fourth-order valence-corrected chi connectivity index (χ4v) is 4.42. The molecule has 0 amide bonds. The van der Waals surface area contributed by atoms with Crippen molar-refractivity contribution in [3.63, 3.8) is 0 Å².